The molecule has 0 aromatic heterocycles. The topological polar surface area (TPSA) is 41.8 Å². The monoisotopic (exact) mass is 333 g/mol. The Morgan fingerprint density at radius 1 is 1.08 bits per heavy atom. The second-order valence-corrected chi connectivity index (χ2v) is 7.39. The zero-order valence-electron chi connectivity index (χ0n) is 14.7. The van der Waals surface area contributed by atoms with Crippen LogP contribution in [0.1, 0.15) is 54.0 Å². The number of aliphatic hydroxyl groups excluding tert-OH is 1. The Balaban J connectivity index is 1.83. The smallest absolute Gasteiger partial charge is 0.216 e. The molecule has 3 heteroatoms. The molecule has 0 saturated carbocycles. The van der Waals surface area contributed by atoms with Gasteiger partial charge in [0.05, 0.1) is 5.54 Å². The third kappa shape index (κ3) is 3.00. The first kappa shape index (κ1) is 16.1. The Labute approximate surface area is 148 Å². The summed E-state index contributed by atoms with van der Waals surface area (Å²) in [7, 11) is 0. The van der Waals surface area contributed by atoms with E-state index < -0.39 is 0 Å². The first-order valence-electron chi connectivity index (χ1n) is 8.82. The van der Waals surface area contributed by atoms with Gasteiger partial charge in [0.25, 0.3) is 0 Å². The SMILES string of the molecule is CC1(C)COC(c2ccc3c(c2)C(CCO)c2ccccc2C=C3)=N1. The molecule has 2 aromatic carbocycles. The molecule has 2 aliphatic rings. The van der Waals surface area contributed by atoms with E-state index >= 15 is 0 Å². The number of aliphatic imine (C=N–C) groups is 1. The van der Waals surface area contributed by atoms with Crippen LogP contribution in [0.15, 0.2) is 47.5 Å². The van der Waals surface area contributed by atoms with Crippen LogP contribution in [-0.2, 0) is 4.74 Å². The molecule has 1 aliphatic carbocycles. The molecule has 0 spiro atoms. The van der Waals surface area contributed by atoms with Crippen molar-refractivity contribution < 1.29 is 9.84 Å². The fourth-order valence-corrected chi connectivity index (χ4v) is 3.66. The summed E-state index contributed by atoms with van der Waals surface area (Å²) >= 11 is 0. The van der Waals surface area contributed by atoms with E-state index in [9.17, 15) is 5.11 Å². The number of rotatable bonds is 3. The van der Waals surface area contributed by atoms with Crippen LogP contribution in [0.5, 0.6) is 0 Å². The van der Waals surface area contributed by atoms with Gasteiger partial charge in [-0.3, -0.25) is 0 Å². The van der Waals surface area contributed by atoms with Crippen molar-refractivity contribution in [3.05, 3.63) is 70.3 Å². The lowest BCUT2D eigenvalue weighted by Crippen LogP contribution is -2.17. The van der Waals surface area contributed by atoms with Crippen LogP contribution in [0, 0.1) is 0 Å². The van der Waals surface area contributed by atoms with E-state index in [4.69, 9.17) is 9.73 Å². The van der Waals surface area contributed by atoms with Gasteiger partial charge in [0.1, 0.15) is 6.61 Å². The predicted molar refractivity (Wildman–Crippen MR) is 102 cm³/mol. The molecule has 2 aromatic rings. The molecular formula is C22H23NO2. The summed E-state index contributed by atoms with van der Waals surface area (Å²) in [6.45, 7) is 4.93. The molecule has 1 heterocycles. The van der Waals surface area contributed by atoms with Crippen molar-refractivity contribution in [1.82, 2.24) is 0 Å². The van der Waals surface area contributed by atoms with Crippen molar-refractivity contribution >= 4 is 18.0 Å². The quantitative estimate of drug-likeness (QED) is 0.913. The molecule has 25 heavy (non-hydrogen) atoms. The molecule has 1 N–H and O–H groups in total. The Morgan fingerprint density at radius 3 is 2.56 bits per heavy atom. The average molecular weight is 333 g/mol. The molecule has 1 atom stereocenters. The summed E-state index contributed by atoms with van der Waals surface area (Å²) in [6.07, 6.45) is 5.03. The minimum Gasteiger partial charge on any atom is -0.475 e. The molecule has 0 radical (unpaired) electrons. The lowest BCUT2D eigenvalue weighted by atomic mass is 9.85. The Bertz CT molecular complexity index is 864. The van der Waals surface area contributed by atoms with Gasteiger partial charge in [-0.15, -0.1) is 0 Å². The number of hydrogen-bond acceptors (Lipinski definition) is 3. The minimum atomic E-state index is -0.168. The van der Waals surface area contributed by atoms with E-state index in [1.807, 2.05) is 0 Å². The van der Waals surface area contributed by atoms with Crippen LogP contribution in [0.25, 0.3) is 12.2 Å². The van der Waals surface area contributed by atoms with Crippen molar-refractivity contribution in [1.29, 1.82) is 0 Å². The lowest BCUT2D eigenvalue weighted by Gasteiger charge is -2.20. The zero-order chi connectivity index (χ0) is 17.4. The highest BCUT2D eigenvalue weighted by atomic mass is 16.5. The van der Waals surface area contributed by atoms with Crippen molar-refractivity contribution in [2.75, 3.05) is 13.2 Å². The van der Waals surface area contributed by atoms with Crippen LogP contribution in [0.4, 0.5) is 0 Å². The molecule has 3 nitrogen and oxygen atoms in total. The molecule has 0 bridgehead atoms. The highest BCUT2D eigenvalue weighted by molar-refractivity contribution is 5.96. The van der Waals surface area contributed by atoms with Crippen LogP contribution >= 0.6 is 0 Å². The summed E-state index contributed by atoms with van der Waals surface area (Å²) < 4.78 is 5.82. The fraction of sp³-hybridized carbons (Fsp3) is 0.318. The van der Waals surface area contributed by atoms with Crippen LogP contribution in [0.2, 0.25) is 0 Å². The highest BCUT2D eigenvalue weighted by Crippen LogP contribution is 2.37. The molecule has 0 fully saturated rings. The molecule has 0 amide bonds. The zero-order valence-corrected chi connectivity index (χ0v) is 14.7. The van der Waals surface area contributed by atoms with Crippen molar-refractivity contribution in [3.63, 3.8) is 0 Å². The Hall–Kier alpha value is -2.39. The maximum atomic E-state index is 9.64. The van der Waals surface area contributed by atoms with Gasteiger partial charge in [0.2, 0.25) is 5.90 Å². The van der Waals surface area contributed by atoms with Crippen LogP contribution in [0.3, 0.4) is 0 Å². The highest BCUT2D eigenvalue weighted by Gasteiger charge is 2.28. The van der Waals surface area contributed by atoms with Gasteiger partial charge >= 0.3 is 0 Å². The van der Waals surface area contributed by atoms with Crippen LogP contribution < -0.4 is 0 Å². The van der Waals surface area contributed by atoms with Crippen LogP contribution in [-0.4, -0.2) is 29.8 Å². The normalized spacial score (nSPS) is 20.3. The van der Waals surface area contributed by atoms with Gasteiger partial charge in [-0.2, -0.15) is 0 Å². The second-order valence-electron chi connectivity index (χ2n) is 7.39. The third-order valence-electron chi connectivity index (χ3n) is 4.91. The fourth-order valence-electron chi connectivity index (χ4n) is 3.66. The van der Waals surface area contributed by atoms with E-state index in [0.717, 1.165) is 11.5 Å². The van der Waals surface area contributed by atoms with E-state index in [1.165, 1.54) is 22.3 Å². The second kappa shape index (κ2) is 6.16. The van der Waals surface area contributed by atoms with Crippen molar-refractivity contribution in [3.8, 4) is 0 Å². The van der Waals surface area contributed by atoms with Gasteiger partial charge in [0, 0.05) is 18.1 Å². The minimum absolute atomic E-state index is 0.160. The first-order chi connectivity index (χ1) is 12.1. The number of aliphatic hydroxyl groups is 1. The van der Waals surface area contributed by atoms with Gasteiger partial charge in [-0.25, -0.2) is 4.99 Å². The van der Waals surface area contributed by atoms with Gasteiger partial charge in [-0.05, 0) is 54.7 Å². The number of nitrogens with zero attached hydrogens (tertiary/aromatic N) is 1. The maximum Gasteiger partial charge on any atom is 0.216 e. The largest absolute Gasteiger partial charge is 0.475 e. The summed E-state index contributed by atoms with van der Waals surface area (Å²) in [4.78, 5) is 4.71. The Morgan fingerprint density at radius 2 is 1.84 bits per heavy atom. The molecule has 0 saturated heterocycles. The predicted octanol–water partition coefficient (Wildman–Crippen LogP) is 4.24. The Kier molecular flexibility index (Phi) is 3.97. The lowest BCUT2D eigenvalue weighted by molar-refractivity contribution is 0.279. The van der Waals surface area contributed by atoms with Crippen molar-refractivity contribution in [2.45, 2.75) is 31.7 Å². The van der Waals surface area contributed by atoms with E-state index in [0.29, 0.717) is 13.0 Å². The van der Waals surface area contributed by atoms with Crippen molar-refractivity contribution in [2.24, 2.45) is 4.99 Å². The summed E-state index contributed by atoms with van der Waals surface area (Å²) in [6, 6.07) is 14.8. The number of ether oxygens (including phenoxy) is 1. The summed E-state index contributed by atoms with van der Waals surface area (Å²) in [5.74, 6) is 0.887. The molecular weight excluding hydrogens is 310 g/mol. The maximum absolute atomic E-state index is 9.64. The summed E-state index contributed by atoms with van der Waals surface area (Å²) in [5.41, 5.74) is 5.74. The van der Waals surface area contributed by atoms with Gasteiger partial charge in [0.15, 0.2) is 0 Å². The molecule has 4 rings (SSSR count). The molecule has 1 aliphatic heterocycles. The van der Waals surface area contributed by atoms with E-state index in [1.54, 1.807) is 0 Å². The standard InChI is InChI=1S/C22H23NO2/c1-22(2)14-25-21(23-22)17-10-9-16-8-7-15-5-3-4-6-18(15)19(11-12-24)20(16)13-17/h3-10,13,19,24H,11-12,14H2,1-2H3. The molecule has 128 valence electrons. The third-order valence-corrected chi connectivity index (χ3v) is 4.91. The van der Waals surface area contributed by atoms with E-state index in [2.05, 4.69) is 68.5 Å². The number of benzene rings is 2. The first-order valence-corrected chi connectivity index (χ1v) is 8.82. The van der Waals surface area contributed by atoms with Gasteiger partial charge in [-0.1, -0.05) is 42.5 Å². The number of fused-ring (bicyclic) bond motifs is 2. The number of hydrogen-bond donors (Lipinski definition) is 1. The van der Waals surface area contributed by atoms with E-state index in [-0.39, 0.29) is 18.1 Å². The molecule has 1 unspecified atom stereocenters. The van der Waals surface area contributed by atoms with Gasteiger partial charge < -0.3 is 9.84 Å². The average Bonchev–Trinajstić information content (AvgIpc) is 2.90. The summed E-state index contributed by atoms with van der Waals surface area (Å²) in [5, 5.41) is 9.64.